The van der Waals surface area contributed by atoms with Gasteiger partial charge in [-0.25, -0.2) is 0 Å². The Bertz CT molecular complexity index is 1270. The summed E-state index contributed by atoms with van der Waals surface area (Å²) in [5.74, 6) is 2.75. The quantitative estimate of drug-likeness (QED) is 0.325. The first-order valence-electron chi connectivity index (χ1n) is 10.3. The highest BCUT2D eigenvalue weighted by Gasteiger charge is 2.06. The largest absolute Gasteiger partial charge is 0.489 e. The van der Waals surface area contributed by atoms with E-state index < -0.39 is 5.56 Å². The smallest absolute Gasteiger partial charge is 0.283 e. The van der Waals surface area contributed by atoms with Crippen molar-refractivity contribution in [1.29, 1.82) is 0 Å². The molecule has 0 spiro atoms. The molecule has 0 saturated heterocycles. The zero-order valence-electron chi connectivity index (χ0n) is 17.9. The Hall–Kier alpha value is -3.90. The fraction of sp³-hybridized carbons (Fsp3) is 0.115. The lowest BCUT2D eigenvalue weighted by Gasteiger charge is -2.11. The molecule has 33 heavy (non-hydrogen) atoms. The third-order valence-corrected chi connectivity index (χ3v) is 5.07. The Morgan fingerprint density at radius 3 is 1.91 bits per heavy atom. The number of ether oxygens (including phenoxy) is 3. The Balaban J connectivity index is 1.28. The SMILES string of the molecule is Cc1cc(COc2ccc(COc3ccc(Oc4ccc(Cl)cc4)cc3)cc2)n(O)c(=O)c1. The highest BCUT2D eigenvalue weighted by Crippen LogP contribution is 2.25. The number of aromatic nitrogens is 1. The second-order valence-electron chi connectivity index (χ2n) is 7.42. The monoisotopic (exact) mass is 463 g/mol. The fourth-order valence-electron chi connectivity index (χ4n) is 3.11. The van der Waals surface area contributed by atoms with Gasteiger partial charge in [-0.05, 0) is 84.8 Å². The molecule has 0 amide bonds. The van der Waals surface area contributed by atoms with Gasteiger partial charge in [0.05, 0.1) is 5.69 Å². The number of hydrogen-bond acceptors (Lipinski definition) is 5. The van der Waals surface area contributed by atoms with E-state index in [4.69, 9.17) is 25.8 Å². The first-order chi connectivity index (χ1) is 16.0. The first-order valence-corrected chi connectivity index (χ1v) is 10.6. The second-order valence-corrected chi connectivity index (χ2v) is 7.86. The van der Waals surface area contributed by atoms with Gasteiger partial charge in [-0.2, -0.15) is 0 Å². The highest BCUT2D eigenvalue weighted by atomic mass is 35.5. The molecule has 168 valence electrons. The summed E-state index contributed by atoms with van der Waals surface area (Å²) < 4.78 is 17.9. The summed E-state index contributed by atoms with van der Waals surface area (Å²) in [4.78, 5) is 11.6. The van der Waals surface area contributed by atoms with Crippen LogP contribution in [-0.4, -0.2) is 9.94 Å². The van der Waals surface area contributed by atoms with Gasteiger partial charge < -0.3 is 19.4 Å². The molecule has 0 saturated carbocycles. The van der Waals surface area contributed by atoms with E-state index in [0.29, 0.717) is 39.3 Å². The predicted molar refractivity (Wildman–Crippen MR) is 126 cm³/mol. The maximum absolute atomic E-state index is 11.6. The zero-order valence-corrected chi connectivity index (χ0v) is 18.7. The molecule has 0 unspecified atom stereocenters. The molecule has 0 aliphatic rings. The van der Waals surface area contributed by atoms with Crippen molar-refractivity contribution in [2.75, 3.05) is 0 Å². The average molecular weight is 464 g/mol. The van der Waals surface area contributed by atoms with Gasteiger partial charge in [-0.1, -0.05) is 23.7 Å². The van der Waals surface area contributed by atoms with Crippen molar-refractivity contribution in [3.05, 3.63) is 117 Å². The van der Waals surface area contributed by atoms with E-state index in [9.17, 15) is 10.0 Å². The van der Waals surface area contributed by atoms with Crippen LogP contribution in [0.25, 0.3) is 0 Å². The van der Waals surface area contributed by atoms with E-state index in [2.05, 4.69) is 0 Å². The molecule has 0 aliphatic carbocycles. The summed E-state index contributed by atoms with van der Waals surface area (Å²) in [5, 5.41) is 10.5. The van der Waals surface area contributed by atoms with Crippen LogP contribution in [0.1, 0.15) is 16.8 Å². The highest BCUT2D eigenvalue weighted by molar-refractivity contribution is 6.30. The minimum atomic E-state index is -0.481. The standard InChI is InChI=1S/C26H22ClNO5/c1-18-14-21(28(30)26(29)15-18)17-32-22-6-2-19(3-7-22)16-31-23-10-12-25(13-11-23)33-24-8-4-20(27)5-9-24/h2-15,30H,16-17H2,1H3. The van der Waals surface area contributed by atoms with Gasteiger partial charge in [0.1, 0.15) is 36.2 Å². The van der Waals surface area contributed by atoms with E-state index >= 15 is 0 Å². The van der Waals surface area contributed by atoms with E-state index in [-0.39, 0.29) is 6.61 Å². The molecule has 1 N–H and O–H groups in total. The lowest BCUT2D eigenvalue weighted by atomic mass is 10.2. The third-order valence-electron chi connectivity index (χ3n) is 4.81. The van der Waals surface area contributed by atoms with Crippen LogP contribution in [0, 0.1) is 6.92 Å². The Morgan fingerprint density at radius 1 is 0.758 bits per heavy atom. The van der Waals surface area contributed by atoms with Crippen molar-refractivity contribution in [2.24, 2.45) is 0 Å². The summed E-state index contributed by atoms with van der Waals surface area (Å²) in [7, 11) is 0. The number of nitrogens with zero attached hydrogens (tertiary/aromatic N) is 1. The minimum absolute atomic E-state index is 0.0771. The third kappa shape index (κ3) is 6.08. The molecule has 4 aromatic rings. The minimum Gasteiger partial charge on any atom is -0.489 e. The van der Waals surface area contributed by atoms with E-state index in [0.717, 1.165) is 16.9 Å². The average Bonchev–Trinajstić information content (AvgIpc) is 2.82. The summed E-state index contributed by atoms with van der Waals surface area (Å²) in [6, 6.07) is 25.0. The molecular weight excluding hydrogens is 442 g/mol. The number of aryl methyl sites for hydroxylation is 1. The van der Waals surface area contributed by atoms with Crippen molar-refractivity contribution >= 4 is 11.6 Å². The molecule has 7 heteroatoms. The van der Waals surface area contributed by atoms with Crippen LogP contribution in [0.15, 0.2) is 89.7 Å². The number of halogens is 1. The van der Waals surface area contributed by atoms with Crippen molar-refractivity contribution in [3.8, 4) is 23.0 Å². The topological polar surface area (TPSA) is 69.9 Å². The molecule has 0 bridgehead atoms. The summed E-state index contributed by atoms with van der Waals surface area (Å²) >= 11 is 5.89. The number of hydrogen-bond donors (Lipinski definition) is 1. The van der Waals surface area contributed by atoms with Crippen LogP contribution < -0.4 is 19.8 Å². The lowest BCUT2D eigenvalue weighted by molar-refractivity contribution is 0.147. The lowest BCUT2D eigenvalue weighted by Crippen LogP contribution is -2.21. The van der Waals surface area contributed by atoms with Crippen LogP contribution in [0.3, 0.4) is 0 Å². The normalized spacial score (nSPS) is 10.6. The van der Waals surface area contributed by atoms with Gasteiger partial charge in [-0.15, -0.1) is 4.73 Å². The second kappa shape index (κ2) is 10.1. The van der Waals surface area contributed by atoms with Gasteiger partial charge in [0.15, 0.2) is 0 Å². The van der Waals surface area contributed by atoms with Crippen molar-refractivity contribution in [1.82, 2.24) is 4.73 Å². The molecule has 0 atom stereocenters. The van der Waals surface area contributed by atoms with Gasteiger partial charge in [0.25, 0.3) is 5.56 Å². The molecular formula is C26H22ClNO5. The summed E-state index contributed by atoms with van der Waals surface area (Å²) in [6.07, 6.45) is 0. The summed E-state index contributed by atoms with van der Waals surface area (Å²) in [6.45, 7) is 2.26. The van der Waals surface area contributed by atoms with E-state index in [1.807, 2.05) is 60.7 Å². The first kappa shape index (κ1) is 22.3. The molecule has 4 rings (SSSR count). The van der Waals surface area contributed by atoms with Gasteiger partial charge in [0.2, 0.25) is 0 Å². The van der Waals surface area contributed by atoms with Crippen molar-refractivity contribution in [3.63, 3.8) is 0 Å². The number of rotatable bonds is 8. The van der Waals surface area contributed by atoms with Crippen LogP contribution in [0.4, 0.5) is 0 Å². The molecule has 1 aromatic heterocycles. The Kier molecular flexibility index (Phi) is 6.86. The van der Waals surface area contributed by atoms with Crippen LogP contribution in [0.2, 0.25) is 5.02 Å². The van der Waals surface area contributed by atoms with Crippen molar-refractivity contribution < 1.29 is 19.4 Å². The molecule has 0 fully saturated rings. The van der Waals surface area contributed by atoms with Crippen LogP contribution >= 0.6 is 11.6 Å². The maximum atomic E-state index is 11.6. The molecule has 3 aromatic carbocycles. The number of pyridine rings is 1. The van der Waals surface area contributed by atoms with Gasteiger partial charge >= 0.3 is 0 Å². The van der Waals surface area contributed by atoms with E-state index in [1.54, 1.807) is 25.1 Å². The number of benzene rings is 3. The molecule has 0 radical (unpaired) electrons. The predicted octanol–water partition coefficient (Wildman–Crippen LogP) is 6.00. The van der Waals surface area contributed by atoms with Gasteiger partial charge in [0, 0.05) is 11.1 Å². The molecule has 1 heterocycles. The van der Waals surface area contributed by atoms with E-state index in [1.165, 1.54) is 6.07 Å². The van der Waals surface area contributed by atoms with Crippen LogP contribution in [-0.2, 0) is 13.2 Å². The summed E-state index contributed by atoms with van der Waals surface area (Å²) in [5.41, 5.74) is 1.64. The van der Waals surface area contributed by atoms with Gasteiger partial charge in [-0.3, -0.25) is 4.79 Å². The van der Waals surface area contributed by atoms with Crippen molar-refractivity contribution in [2.45, 2.75) is 20.1 Å². The Labute approximate surface area is 196 Å². The molecule has 6 nitrogen and oxygen atoms in total. The van der Waals surface area contributed by atoms with Crippen LogP contribution in [0.5, 0.6) is 23.0 Å². The zero-order chi connectivity index (χ0) is 23.2. The fourth-order valence-corrected chi connectivity index (χ4v) is 3.24. The maximum Gasteiger partial charge on any atom is 0.283 e. The molecule has 0 aliphatic heterocycles. The Morgan fingerprint density at radius 2 is 1.27 bits per heavy atom.